The molecule has 90 valence electrons. The molecule has 0 aromatic rings. The molecule has 0 fully saturated rings. The van der Waals surface area contributed by atoms with Crippen LogP contribution in [0.4, 0.5) is 0 Å². The highest BCUT2D eigenvalue weighted by molar-refractivity contribution is 14.2. The molecule has 5 heteroatoms. The van der Waals surface area contributed by atoms with E-state index in [2.05, 4.69) is 11.6 Å². The van der Waals surface area contributed by atoms with Gasteiger partial charge < -0.3 is 0 Å². The Hall–Kier alpha value is -0.430. The quantitative estimate of drug-likeness (QED) is 0.336. The second-order valence-corrected chi connectivity index (χ2v) is 8.30. The van der Waals surface area contributed by atoms with Gasteiger partial charge in [0.25, 0.3) is 0 Å². The van der Waals surface area contributed by atoms with Crippen molar-refractivity contribution in [1.82, 2.24) is 0 Å². The molecule has 0 radical (unpaired) electrons. The van der Waals surface area contributed by atoms with Gasteiger partial charge >= 0.3 is 0 Å². The molecule has 16 heavy (non-hydrogen) atoms. The Balaban J connectivity index is 5.12. The highest BCUT2D eigenvalue weighted by Gasteiger charge is 2.12. The molecule has 0 atom stereocenters. The first kappa shape index (κ1) is 15.6. The molecule has 0 saturated carbocycles. The smallest absolute Gasteiger partial charge is 0.227 e. The van der Waals surface area contributed by atoms with Crippen LogP contribution in [0.2, 0.25) is 0 Å². The van der Waals surface area contributed by atoms with Gasteiger partial charge in [-0.05, 0) is 38.8 Å². The molecule has 0 saturated heterocycles. The molecule has 0 aliphatic rings. The summed E-state index contributed by atoms with van der Waals surface area (Å²) in [5.41, 5.74) is 2.12. The summed E-state index contributed by atoms with van der Waals surface area (Å²) in [5.74, 6) is 0. The first-order chi connectivity index (χ1) is 7.20. The summed E-state index contributed by atoms with van der Waals surface area (Å²) in [6.45, 7) is 10.8. The molecule has 0 rings (SSSR count). The molecular weight excluding hydrogens is 337 g/mol. The molecular formula is C11H16INO2S. The van der Waals surface area contributed by atoms with Crippen molar-refractivity contribution >= 4 is 34.4 Å². The van der Waals surface area contributed by atoms with Crippen molar-refractivity contribution in [1.29, 1.82) is 0 Å². The molecule has 0 N–H and O–H groups in total. The number of allylic oxidation sites excluding steroid dienone is 5. The lowest BCUT2D eigenvalue weighted by molar-refractivity contribution is 0.617. The van der Waals surface area contributed by atoms with Crippen LogP contribution < -0.4 is 0 Å². The number of rotatable bonds is 4. The van der Waals surface area contributed by atoms with E-state index in [1.807, 2.05) is 19.9 Å². The molecule has 0 aromatic carbocycles. The van der Waals surface area contributed by atoms with E-state index in [0.717, 1.165) is 5.70 Å². The minimum atomic E-state index is -3.18. The van der Waals surface area contributed by atoms with Gasteiger partial charge in [0.15, 0.2) is 0 Å². The molecule has 0 aliphatic carbocycles. The molecule has 0 aliphatic heterocycles. The molecule has 3 nitrogen and oxygen atoms in total. The van der Waals surface area contributed by atoms with Crippen molar-refractivity contribution in [3.8, 4) is 0 Å². The van der Waals surface area contributed by atoms with Gasteiger partial charge in [0.2, 0.25) is 7.01 Å². The minimum Gasteiger partial charge on any atom is -0.261 e. The monoisotopic (exact) mass is 353 g/mol. The first-order valence-electron chi connectivity index (χ1n) is 4.68. The predicted molar refractivity (Wildman–Crippen MR) is 78.4 cm³/mol. The van der Waals surface area contributed by atoms with Crippen molar-refractivity contribution in [2.24, 2.45) is 4.99 Å². The van der Waals surface area contributed by atoms with Gasteiger partial charge in [0.05, 0.1) is 26.1 Å². The van der Waals surface area contributed by atoms with E-state index in [0.29, 0.717) is 16.1 Å². The van der Waals surface area contributed by atoms with Crippen LogP contribution in [0.3, 0.4) is 0 Å². The average Bonchev–Trinajstić information content (AvgIpc) is 2.21. The third-order valence-electron chi connectivity index (χ3n) is 2.22. The van der Waals surface area contributed by atoms with Crippen LogP contribution in [0.1, 0.15) is 27.7 Å². The summed E-state index contributed by atoms with van der Waals surface area (Å²) < 4.78 is 22.6. The zero-order chi connectivity index (χ0) is 12.9. The third-order valence-corrected chi connectivity index (χ3v) is 5.24. The van der Waals surface area contributed by atoms with Gasteiger partial charge in [-0.15, -0.1) is 0 Å². The fourth-order valence-corrected chi connectivity index (χ4v) is 2.25. The maximum absolute atomic E-state index is 11.3. The SMILES string of the molecule is C=C(C=N/C(C)=C\C)/C(C)=C(\C)S(=O)(=O)I. The second-order valence-electron chi connectivity index (χ2n) is 3.33. The number of hydrogen-bond donors (Lipinski definition) is 0. The number of halogens is 1. The van der Waals surface area contributed by atoms with Crippen LogP contribution >= 0.6 is 21.2 Å². The summed E-state index contributed by atoms with van der Waals surface area (Å²) in [5, 5.41) is 0. The maximum atomic E-state index is 11.3. The Morgan fingerprint density at radius 3 is 2.19 bits per heavy atom. The molecule has 0 spiro atoms. The average molecular weight is 353 g/mol. The fourth-order valence-electron chi connectivity index (χ4n) is 0.760. The predicted octanol–water partition coefficient (Wildman–Crippen LogP) is 3.60. The Labute approximate surface area is 110 Å². The summed E-state index contributed by atoms with van der Waals surface area (Å²) in [6.07, 6.45) is 3.45. The van der Waals surface area contributed by atoms with Gasteiger partial charge in [-0.3, -0.25) is 4.99 Å². The Bertz CT molecular complexity index is 470. The van der Waals surface area contributed by atoms with E-state index >= 15 is 0 Å². The number of hydrogen-bond acceptors (Lipinski definition) is 3. The largest absolute Gasteiger partial charge is 0.261 e. The van der Waals surface area contributed by atoms with Crippen LogP contribution in [0, 0.1) is 0 Å². The summed E-state index contributed by atoms with van der Waals surface area (Å²) >= 11 is 1.42. The Kier molecular flexibility index (Phi) is 6.17. The topological polar surface area (TPSA) is 46.5 Å². The number of nitrogens with zero attached hydrogens (tertiary/aromatic N) is 1. The van der Waals surface area contributed by atoms with Gasteiger partial charge in [0, 0.05) is 11.9 Å². The normalized spacial score (nSPS) is 15.2. The molecule has 0 heterocycles. The van der Waals surface area contributed by atoms with Gasteiger partial charge in [-0.25, -0.2) is 8.42 Å². The second kappa shape index (κ2) is 6.34. The van der Waals surface area contributed by atoms with E-state index in [4.69, 9.17) is 0 Å². The number of aliphatic imine (C=N–C) groups is 1. The molecule has 0 amide bonds. The Morgan fingerprint density at radius 2 is 1.81 bits per heavy atom. The van der Waals surface area contributed by atoms with E-state index in [9.17, 15) is 8.42 Å². The van der Waals surface area contributed by atoms with Crippen molar-refractivity contribution in [3.05, 3.63) is 34.4 Å². The third kappa shape index (κ3) is 5.07. The first-order valence-corrected chi connectivity index (χ1v) is 8.71. The van der Waals surface area contributed by atoms with Gasteiger partial charge in [0.1, 0.15) is 0 Å². The lowest BCUT2D eigenvalue weighted by Gasteiger charge is -2.04. The highest BCUT2D eigenvalue weighted by atomic mass is 127. The van der Waals surface area contributed by atoms with Crippen molar-refractivity contribution < 1.29 is 8.42 Å². The van der Waals surface area contributed by atoms with Crippen molar-refractivity contribution in [2.75, 3.05) is 0 Å². The van der Waals surface area contributed by atoms with E-state index in [1.165, 1.54) is 21.2 Å². The zero-order valence-electron chi connectivity index (χ0n) is 9.91. The Morgan fingerprint density at radius 1 is 1.31 bits per heavy atom. The molecule has 0 aromatic heterocycles. The fraction of sp³-hybridized carbons (Fsp3) is 0.364. The summed E-state index contributed by atoms with van der Waals surface area (Å²) in [7, 11) is -3.18. The standard InChI is InChI=1S/C11H16INO2S/c1-6-9(3)13-7-8(2)10(4)11(5)16(12,14)15/h6-7H,2H2,1,3-5H3/b9-6-,11-10+,13-7?. The zero-order valence-corrected chi connectivity index (χ0v) is 12.9. The van der Waals surface area contributed by atoms with Crippen LogP contribution in [0.25, 0.3) is 0 Å². The molecule has 0 bridgehead atoms. The van der Waals surface area contributed by atoms with Crippen LogP contribution in [-0.4, -0.2) is 14.6 Å². The van der Waals surface area contributed by atoms with Crippen molar-refractivity contribution in [3.63, 3.8) is 0 Å². The minimum absolute atomic E-state index is 0.322. The lowest BCUT2D eigenvalue weighted by atomic mass is 10.1. The van der Waals surface area contributed by atoms with Crippen LogP contribution in [0.5, 0.6) is 0 Å². The van der Waals surface area contributed by atoms with Gasteiger partial charge in [-0.1, -0.05) is 12.7 Å². The maximum Gasteiger partial charge on any atom is 0.227 e. The van der Waals surface area contributed by atoms with Crippen molar-refractivity contribution in [2.45, 2.75) is 27.7 Å². The van der Waals surface area contributed by atoms with E-state index in [-0.39, 0.29) is 0 Å². The van der Waals surface area contributed by atoms with Crippen LogP contribution in [-0.2, 0) is 7.01 Å². The van der Waals surface area contributed by atoms with E-state index in [1.54, 1.807) is 20.1 Å². The molecule has 0 unspecified atom stereocenters. The van der Waals surface area contributed by atoms with Crippen LogP contribution in [0.15, 0.2) is 39.4 Å². The van der Waals surface area contributed by atoms with E-state index < -0.39 is 7.01 Å². The van der Waals surface area contributed by atoms with Gasteiger partial charge in [-0.2, -0.15) is 0 Å². The lowest BCUT2D eigenvalue weighted by Crippen LogP contribution is -1.97. The summed E-state index contributed by atoms with van der Waals surface area (Å²) in [6, 6.07) is 0. The highest BCUT2D eigenvalue weighted by Crippen LogP contribution is 2.21. The summed E-state index contributed by atoms with van der Waals surface area (Å²) in [4.78, 5) is 4.46.